The molecule has 0 saturated heterocycles. The second-order valence-corrected chi connectivity index (χ2v) is 16.1. The molecule has 0 atom stereocenters. The van der Waals surface area contributed by atoms with Crippen molar-refractivity contribution in [2.24, 2.45) is 0 Å². The Hall–Kier alpha value is -0.506. The maximum absolute atomic E-state index is 5.62. The Morgan fingerprint density at radius 3 is 1.83 bits per heavy atom. The molecule has 1 rings (SSSR count). The van der Waals surface area contributed by atoms with E-state index in [0.717, 1.165) is 19.1 Å². The van der Waals surface area contributed by atoms with E-state index in [1.165, 1.54) is 5.56 Å². The van der Waals surface area contributed by atoms with Gasteiger partial charge in [-0.05, 0) is 17.1 Å². The largest absolute Gasteiger partial charge is 0.501 e. The predicted molar refractivity (Wildman–Crippen MR) is 106 cm³/mol. The second-order valence-electron chi connectivity index (χ2n) is 7.76. The van der Waals surface area contributed by atoms with Crippen LogP contribution < -0.4 is 0 Å². The minimum absolute atomic E-state index is 0.277. The SMILES string of the molecule is CO[Si](CCN(Cc1ccccc1)[Si](C)(C)C(C)(C)C)(OC)OC. The maximum Gasteiger partial charge on any atom is 0.501 e. The third-order valence-corrected chi connectivity index (χ3v) is 13.8. The van der Waals surface area contributed by atoms with Crippen LogP contribution in [0.2, 0.25) is 24.2 Å². The summed E-state index contributed by atoms with van der Waals surface area (Å²) < 4.78 is 19.5. The van der Waals surface area contributed by atoms with Gasteiger partial charge in [0.05, 0.1) is 0 Å². The minimum atomic E-state index is -2.55. The van der Waals surface area contributed by atoms with Gasteiger partial charge < -0.3 is 17.8 Å². The predicted octanol–water partition coefficient (Wildman–Crippen LogP) is 4.37. The van der Waals surface area contributed by atoms with Crippen molar-refractivity contribution in [3.63, 3.8) is 0 Å². The lowest BCUT2D eigenvalue weighted by molar-refractivity contribution is 0.121. The Bertz CT molecular complexity index is 477. The quantitative estimate of drug-likeness (QED) is 0.605. The highest BCUT2D eigenvalue weighted by molar-refractivity contribution is 6.77. The molecule has 6 heteroatoms. The summed E-state index contributed by atoms with van der Waals surface area (Å²) in [6, 6.07) is 11.5. The van der Waals surface area contributed by atoms with E-state index in [4.69, 9.17) is 13.3 Å². The molecule has 138 valence electrons. The van der Waals surface area contributed by atoms with E-state index in [-0.39, 0.29) is 5.04 Å². The first-order chi connectivity index (χ1) is 11.1. The van der Waals surface area contributed by atoms with Crippen molar-refractivity contribution < 1.29 is 13.3 Å². The van der Waals surface area contributed by atoms with Crippen molar-refractivity contribution >= 4 is 17.0 Å². The van der Waals surface area contributed by atoms with Crippen molar-refractivity contribution in [3.8, 4) is 0 Å². The summed E-state index contributed by atoms with van der Waals surface area (Å²) in [6.07, 6.45) is 0. The molecule has 0 N–H and O–H groups in total. The zero-order chi connectivity index (χ0) is 18.4. The molecule has 0 aromatic heterocycles. The Balaban J connectivity index is 3.01. The van der Waals surface area contributed by atoms with Gasteiger partial charge in [-0.2, -0.15) is 0 Å². The Morgan fingerprint density at radius 2 is 1.42 bits per heavy atom. The van der Waals surface area contributed by atoms with E-state index < -0.39 is 17.0 Å². The molecule has 1 aromatic carbocycles. The van der Waals surface area contributed by atoms with Crippen LogP contribution in [0.4, 0.5) is 0 Å². The zero-order valence-corrected chi connectivity index (χ0v) is 18.7. The number of hydrogen-bond acceptors (Lipinski definition) is 4. The van der Waals surface area contributed by atoms with Crippen LogP contribution in [-0.2, 0) is 19.8 Å². The van der Waals surface area contributed by atoms with Crippen LogP contribution in [0.3, 0.4) is 0 Å². The monoisotopic (exact) mass is 369 g/mol. The topological polar surface area (TPSA) is 30.9 Å². The van der Waals surface area contributed by atoms with E-state index in [1.54, 1.807) is 21.3 Å². The Morgan fingerprint density at radius 1 is 0.917 bits per heavy atom. The molecule has 0 unspecified atom stereocenters. The van der Waals surface area contributed by atoms with Gasteiger partial charge >= 0.3 is 8.80 Å². The lowest BCUT2D eigenvalue weighted by Crippen LogP contribution is -2.56. The van der Waals surface area contributed by atoms with Gasteiger partial charge in [-0.1, -0.05) is 64.2 Å². The number of benzene rings is 1. The van der Waals surface area contributed by atoms with E-state index in [2.05, 4.69) is 68.8 Å². The molecule has 0 radical (unpaired) electrons. The van der Waals surface area contributed by atoms with Gasteiger partial charge in [-0.25, -0.2) is 0 Å². The average Bonchev–Trinajstić information content (AvgIpc) is 2.55. The molecule has 0 heterocycles. The first-order valence-electron chi connectivity index (χ1n) is 8.56. The summed E-state index contributed by atoms with van der Waals surface area (Å²) in [5, 5.41) is 0.277. The number of rotatable bonds is 9. The fourth-order valence-corrected chi connectivity index (χ4v) is 6.74. The van der Waals surface area contributed by atoms with Crippen LogP contribution in [0.15, 0.2) is 30.3 Å². The van der Waals surface area contributed by atoms with Gasteiger partial charge in [-0.15, -0.1) is 0 Å². The van der Waals surface area contributed by atoms with Crippen LogP contribution in [0.25, 0.3) is 0 Å². The first-order valence-corrected chi connectivity index (χ1v) is 13.4. The maximum atomic E-state index is 5.62. The molecule has 24 heavy (non-hydrogen) atoms. The Labute approximate surface area is 150 Å². The highest BCUT2D eigenvalue weighted by Crippen LogP contribution is 2.39. The lowest BCUT2D eigenvalue weighted by atomic mass is 10.2. The molecule has 0 fully saturated rings. The normalized spacial score (nSPS) is 13.5. The number of nitrogens with zero attached hydrogens (tertiary/aromatic N) is 1. The van der Waals surface area contributed by atoms with Crippen molar-refractivity contribution in [2.75, 3.05) is 27.9 Å². The highest BCUT2D eigenvalue weighted by Gasteiger charge is 2.44. The molecule has 1 aromatic rings. The molecule has 0 aliphatic heterocycles. The standard InChI is InChI=1S/C18H35NO3Si2/c1-18(2,3)23(7,8)19(16-17-12-10-9-11-13-17)14-15-24(20-4,21-5)22-6/h9-13H,14-16H2,1-8H3. The van der Waals surface area contributed by atoms with Gasteiger partial charge in [-0.3, -0.25) is 0 Å². The van der Waals surface area contributed by atoms with Crippen molar-refractivity contribution in [2.45, 2.75) is 51.5 Å². The summed E-state index contributed by atoms with van der Waals surface area (Å²) >= 11 is 0. The molecule has 0 amide bonds. The lowest BCUT2D eigenvalue weighted by Gasteiger charge is -2.46. The smallest absolute Gasteiger partial charge is 0.377 e. The summed E-state index contributed by atoms with van der Waals surface area (Å²) in [6.45, 7) is 13.8. The minimum Gasteiger partial charge on any atom is -0.377 e. The molecule has 0 aliphatic rings. The summed E-state index contributed by atoms with van der Waals surface area (Å²) in [5.74, 6) is 0. The third kappa shape index (κ3) is 5.24. The second kappa shape index (κ2) is 8.73. The van der Waals surface area contributed by atoms with Crippen molar-refractivity contribution in [1.29, 1.82) is 0 Å². The summed E-state index contributed by atoms with van der Waals surface area (Å²) in [7, 11) is 0.842. The summed E-state index contributed by atoms with van der Waals surface area (Å²) in [5.41, 5.74) is 1.35. The zero-order valence-electron chi connectivity index (χ0n) is 16.7. The average molecular weight is 370 g/mol. The van der Waals surface area contributed by atoms with E-state index in [9.17, 15) is 0 Å². The van der Waals surface area contributed by atoms with Crippen LogP contribution >= 0.6 is 0 Å². The Kier molecular flexibility index (Phi) is 7.84. The molecule has 0 saturated carbocycles. The molecule has 0 bridgehead atoms. The van der Waals surface area contributed by atoms with Crippen molar-refractivity contribution in [1.82, 2.24) is 4.57 Å². The molecule has 0 aliphatic carbocycles. The molecule has 4 nitrogen and oxygen atoms in total. The van der Waals surface area contributed by atoms with Gasteiger partial charge in [0.2, 0.25) is 0 Å². The number of hydrogen-bond donors (Lipinski definition) is 0. The van der Waals surface area contributed by atoms with E-state index >= 15 is 0 Å². The van der Waals surface area contributed by atoms with E-state index in [1.807, 2.05) is 0 Å². The van der Waals surface area contributed by atoms with Gasteiger partial charge in [0.25, 0.3) is 0 Å². The highest BCUT2D eigenvalue weighted by atomic mass is 28.4. The van der Waals surface area contributed by atoms with Gasteiger partial charge in [0.1, 0.15) is 8.24 Å². The molecule has 0 spiro atoms. The van der Waals surface area contributed by atoms with E-state index in [0.29, 0.717) is 0 Å². The van der Waals surface area contributed by atoms with Crippen LogP contribution in [-0.4, -0.2) is 49.5 Å². The van der Waals surface area contributed by atoms with Gasteiger partial charge in [0, 0.05) is 33.9 Å². The van der Waals surface area contributed by atoms with Crippen LogP contribution in [0.1, 0.15) is 26.3 Å². The first kappa shape index (κ1) is 21.5. The molecular weight excluding hydrogens is 334 g/mol. The third-order valence-electron chi connectivity index (χ3n) is 5.46. The van der Waals surface area contributed by atoms with Gasteiger partial charge in [0.15, 0.2) is 0 Å². The summed E-state index contributed by atoms with van der Waals surface area (Å²) in [4.78, 5) is 0. The fourth-order valence-electron chi connectivity index (χ4n) is 2.66. The van der Waals surface area contributed by atoms with Crippen molar-refractivity contribution in [3.05, 3.63) is 35.9 Å². The molecular formula is C18H35NO3Si2. The fraction of sp³-hybridized carbons (Fsp3) is 0.667. The van der Waals surface area contributed by atoms with Crippen LogP contribution in [0.5, 0.6) is 0 Å². The van der Waals surface area contributed by atoms with Crippen LogP contribution in [0, 0.1) is 0 Å².